The van der Waals surface area contributed by atoms with E-state index in [1.807, 2.05) is 24.5 Å². The first-order valence-electron chi connectivity index (χ1n) is 4.68. The lowest BCUT2D eigenvalue weighted by atomic mass is 10.1. The summed E-state index contributed by atoms with van der Waals surface area (Å²) in [5.74, 6) is 0. The van der Waals surface area contributed by atoms with E-state index in [9.17, 15) is 0 Å². The van der Waals surface area contributed by atoms with Crippen molar-refractivity contribution < 1.29 is 0 Å². The number of hydrogen-bond acceptors (Lipinski definition) is 1. The van der Waals surface area contributed by atoms with Crippen molar-refractivity contribution in [1.29, 1.82) is 0 Å². The van der Waals surface area contributed by atoms with Crippen molar-refractivity contribution in [2.24, 2.45) is 0 Å². The Morgan fingerprint density at radius 2 is 2.46 bits per heavy atom. The summed E-state index contributed by atoms with van der Waals surface area (Å²) < 4.78 is 1.77. The third-order valence-electron chi connectivity index (χ3n) is 1.84. The molecule has 0 spiro atoms. The molecule has 0 saturated carbocycles. The van der Waals surface area contributed by atoms with E-state index in [2.05, 4.69) is 18.6 Å². The molecule has 0 aromatic carbocycles. The van der Waals surface area contributed by atoms with Gasteiger partial charge in [-0.15, -0.1) is 0 Å². The molecule has 0 radical (unpaired) electrons. The maximum Gasteiger partial charge on any atom is 0.0493 e. The average molecular weight is 176 g/mol. The van der Waals surface area contributed by atoms with Crippen LogP contribution in [-0.2, 0) is 0 Å². The van der Waals surface area contributed by atoms with E-state index in [0.29, 0.717) is 0 Å². The summed E-state index contributed by atoms with van der Waals surface area (Å²) in [4.78, 5) is 0. The van der Waals surface area contributed by atoms with E-state index in [1.165, 1.54) is 12.8 Å². The molecule has 0 N–H and O–H groups in total. The molecule has 2 heteroatoms. The molecule has 0 aliphatic carbocycles. The van der Waals surface area contributed by atoms with E-state index < -0.39 is 0 Å². The van der Waals surface area contributed by atoms with Gasteiger partial charge in [-0.3, -0.25) is 0 Å². The molecular formula is C11H16N2. The summed E-state index contributed by atoms with van der Waals surface area (Å²) in [6, 6.07) is 1.90. The molecule has 0 bridgehead atoms. The van der Waals surface area contributed by atoms with Crippen LogP contribution < -0.4 is 0 Å². The van der Waals surface area contributed by atoms with Crippen molar-refractivity contribution >= 4 is 6.20 Å². The minimum atomic E-state index is 1.08. The molecule has 1 rings (SSSR count). The van der Waals surface area contributed by atoms with Gasteiger partial charge in [0.1, 0.15) is 0 Å². The van der Waals surface area contributed by atoms with Crippen LogP contribution in [0.15, 0.2) is 36.7 Å². The highest BCUT2D eigenvalue weighted by Gasteiger charge is 1.88. The second-order valence-corrected chi connectivity index (χ2v) is 3.06. The van der Waals surface area contributed by atoms with Gasteiger partial charge in [-0.2, -0.15) is 5.10 Å². The summed E-state index contributed by atoms with van der Waals surface area (Å²) in [6.45, 7) is 6.15. The lowest BCUT2D eigenvalue weighted by Crippen LogP contribution is -1.85. The van der Waals surface area contributed by atoms with Crippen LogP contribution in [0.4, 0.5) is 0 Å². The summed E-state index contributed by atoms with van der Waals surface area (Å²) in [7, 11) is 0. The molecule has 70 valence electrons. The highest BCUT2D eigenvalue weighted by molar-refractivity contribution is 5.31. The van der Waals surface area contributed by atoms with Gasteiger partial charge in [-0.05, 0) is 25.0 Å². The number of allylic oxidation sites excluding steroid dienone is 2. The quantitative estimate of drug-likeness (QED) is 0.630. The van der Waals surface area contributed by atoms with Gasteiger partial charge < -0.3 is 0 Å². The van der Waals surface area contributed by atoms with Gasteiger partial charge in [0.05, 0.1) is 0 Å². The third-order valence-corrected chi connectivity index (χ3v) is 1.84. The third kappa shape index (κ3) is 3.74. The fourth-order valence-electron chi connectivity index (χ4n) is 1.04. The Labute approximate surface area is 79.6 Å². The zero-order valence-electron chi connectivity index (χ0n) is 8.11. The SMILES string of the molecule is C=C(/C=C/n1cccn1)CCCC. The van der Waals surface area contributed by atoms with Crippen molar-refractivity contribution in [2.75, 3.05) is 0 Å². The van der Waals surface area contributed by atoms with E-state index >= 15 is 0 Å². The van der Waals surface area contributed by atoms with E-state index in [1.54, 1.807) is 10.9 Å². The number of hydrogen-bond donors (Lipinski definition) is 0. The predicted molar refractivity (Wildman–Crippen MR) is 56.2 cm³/mol. The minimum absolute atomic E-state index is 1.08. The maximum absolute atomic E-state index is 4.06. The van der Waals surface area contributed by atoms with E-state index in [0.717, 1.165) is 12.0 Å². The molecule has 0 saturated heterocycles. The molecule has 0 unspecified atom stereocenters. The zero-order valence-corrected chi connectivity index (χ0v) is 8.11. The second-order valence-electron chi connectivity index (χ2n) is 3.06. The van der Waals surface area contributed by atoms with Crippen LogP contribution in [0.2, 0.25) is 0 Å². The minimum Gasteiger partial charge on any atom is -0.248 e. The fraction of sp³-hybridized carbons (Fsp3) is 0.364. The number of unbranched alkanes of at least 4 members (excludes halogenated alkanes) is 1. The van der Waals surface area contributed by atoms with Gasteiger partial charge in [0.2, 0.25) is 0 Å². The Bertz CT molecular complexity index is 270. The summed E-state index contributed by atoms with van der Waals surface area (Å²) in [6.07, 6.45) is 11.1. The molecule has 2 nitrogen and oxygen atoms in total. The van der Waals surface area contributed by atoms with Gasteiger partial charge in [0.25, 0.3) is 0 Å². The summed E-state index contributed by atoms with van der Waals surface area (Å²) in [5.41, 5.74) is 1.16. The Kier molecular flexibility index (Phi) is 4.03. The van der Waals surface area contributed by atoms with Gasteiger partial charge in [0, 0.05) is 18.6 Å². The first-order chi connectivity index (χ1) is 6.33. The zero-order chi connectivity index (χ0) is 9.52. The van der Waals surface area contributed by atoms with Crippen LogP contribution >= 0.6 is 0 Å². The first kappa shape index (κ1) is 9.78. The topological polar surface area (TPSA) is 17.8 Å². The Morgan fingerprint density at radius 3 is 3.08 bits per heavy atom. The molecule has 0 atom stereocenters. The van der Waals surface area contributed by atoms with Crippen LogP contribution in [-0.4, -0.2) is 9.78 Å². The van der Waals surface area contributed by atoms with Crippen molar-refractivity contribution in [3.63, 3.8) is 0 Å². The normalized spacial score (nSPS) is 10.8. The molecule has 13 heavy (non-hydrogen) atoms. The van der Waals surface area contributed by atoms with Crippen molar-refractivity contribution in [2.45, 2.75) is 26.2 Å². The molecule has 1 aromatic heterocycles. The lowest BCUT2D eigenvalue weighted by molar-refractivity contribution is 0.799. The molecular weight excluding hydrogens is 160 g/mol. The number of rotatable bonds is 5. The van der Waals surface area contributed by atoms with Crippen LogP contribution in [0.1, 0.15) is 26.2 Å². The standard InChI is InChI=1S/C11H16N2/c1-3-4-6-11(2)7-10-13-9-5-8-12-13/h5,7-10H,2-4,6H2,1H3/b10-7+. The molecule has 0 amide bonds. The van der Waals surface area contributed by atoms with Crippen molar-refractivity contribution in [1.82, 2.24) is 9.78 Å². The summed E-state index contributed by atoms with van der Waals surface area (Å²) >= 11 is 0. The largest absolute Gasteiger partial charge is 0.248 e. The smallest absolute Gasteiger partial charge is 0.0493 e. The predicted octanol–water partition coefficient (Wildman–Crippen LogP) is 3.10. The second kappa shape index (κ2) is 5.36. The molecule has 0 aliphatic heterocycles. The van der Waals surface area contributed by atoms with Crippen LogP contribution in [0.25, 0.3) is 6.20 Å². The molecule has 1 heterocycles. The van der Waals surface area contributed by atoms with Gasteiger partial charge >= 0.3 is 0 Å². The van der Waals surface area contributed by atoms with Crippen molar-refractivity contribution in [3.05, 3.63) is 36.7 Å². The van der Waals surface area contributed by atoms with Gasteiger partial charge in [-0.25, -0.2) is 4.68 Å². The molecule has 0 aliphatic rings. The lowest BCUT2D eigenvalue weighted by Gasteiger charge is -1.96. The number of aromatic nitrogens is 2. The average Bonchev–Trinajstić information content (AvgIpc) is 2.64. The molecule has 0 fully saturated rings. The van der Waals surface area contributed by atoms with E-state index in [-0.39, 0.29) is 0 Å². The maximum atomic E-state index is 4.06. The highest BCUT2D eigenvalue weighted by atomic mass is 15.2. The van der Waals surface area contributed by atoms with Crippen LogP contribution in [0.5, 0.6) is 0 Å². The monoisotopic (exact) mass is 176 g/mol. The highest BCUT2D eigenvalue weighted by Crippen LogP contribution is 2.06. The summed E-state index contributed by atoms with van der Waals surface area (Å²) in [5, 5.41) is 4.06. The number of nitrogens with zero attached hydrogens (tertiary/aromatic N) is 2. The van der Waals surface area contributed by atoms with Crippen LogP contribution in [0, 0.1) is 0 Å². The van der Waals surface area contributed by atoms with Gasteiger partial charge in [0.15, 0.2) is 0 Å². The van der Waals surface area contributed by atoms with Crippen LogP contribution in [0.3, 0.4) is 0 Å². The molecule has 1 aromatic rings. The van der Waals surface area contributed by atoms with Gasteiger partial charge in [-0.1, -0.05) is 25.5 Å². The fourth-order valence-corrected chi connectivity index (χ4v) is 1.04. The Morgan fingerprint density at radius 1 is 1.62 bits per heavy atom. The van der Waals surface area contributed by atoms with Crippen molar-refractivity contribution in [3.8, 4) is 0 Å². The van der Waals surface area contributed by atoms with E-state index in [4.69, 9.17) is 0 Å². The Hall–Kier alpha value is -1.31. The first-order valence-corrected chi connectivity index (χ1v) is 4.68. The Balaban J connectivity index is 2.35.